The zero-order valence-electron chi connectivity index (χ0n) is 10.2. The maximum Gasteiger partial charge on any atom is 0.159 e. The molecular weight excluding hydrogens is 288 g/mol. The van der Waals surface area contributed by atoms with Gasteiger partial charge in [-0.15, -0.1) is 0 Å². The molecule has 0 radical (unpaired) electrons. The van der Waals surface area contributed by atoms with Crippen LogP contribution in [0.4, 0.5) is 8.78 Å². The fourth-order valence-corrected chi connectivity index (χ4v) is 2.87. The minimum atomic E-state index is -0.845. The highest BCUT2D eigenvalue weighted by atomic mass is 35.5. The lowest BCUT2D eigenvalue weighted by Crippen LogP contribution is -2.06. The largest absolute Gasteiger partial charge is 0.316 e. The highest BCUT2D eigenvalue weighted by Gasteiger charge is 2.08. The average molecular weight is 300 g/mol. The lowest BCUT2D eigenvalue weighted by molar-refractivity contribution is 0.506. The second-order valence-corrected chi connectivity index (χ2v) is 5.51. The van der Waals surface area contributed by atoms with Crippen LogP contribution in [0, 0.1) is 11.6 Å². The van der Waals surface area contributed by atoms with Crippen LogP contribution in [0.3, 0.4) is 0 Å². The van der Waals surface area contributed by atoms with Gasteiger partial charge < -0.3 is 5.32 Å². The van der Waals surface area contributed by atoms with E-state index >= 15 is 0 Å². The Kier molecular flexibility index (Phi) is 4.80. The molecule has 0 fully saturated rings. The number of benzene rings is 2. The Morgan fingerprint density at radius 2 is 1.89 bits per heavy atom. The van der Waals surface area contributed by atoms with E-state index in [9.17, 15) is 8.78 Å². The highest BCUT2D eigenvalue weighted by Crippen LogP contribution is 2.33. The van der Waals surface area contributed by atoms with Gasteiger partial charge in [-0.3, -0.25) is 0 Å². The van der Waals surface area contributed by atoms with Crippen molar-refractivity contribution in [3.05, 3.63) is 58.6 Å². The lowest BCUT2D eigenvalue weighted by Gasteiger charge is -2.09. The van der Waals surface area contributed by atoms with Crippen LogP contribution in [0.2, 0.25) is 5.02 Å². The second kappa shape index (κ2) is 6.37. The Bertz CT molecular complexity index is 590. The predicted molar refractivity (Wildman–Crippen MR) is 74.7 cm³/mol. The summed E-state index contributed by atoms with van der Waals surface area (Å²) in [5.41, 5.74) is 1.06. The van der Waals surface area contributed by atoms with Crippen molar-refractivity contribution in [3.63, 3.8) is 0 Å². The summed E-state index contributed by atoms with van der Waals surface area (Å²) in [4.78, 5) is 1.56. The molecule has 2 rings (SSSR count). The molecule has 2 aromatic carbocycles. The van der Waals surface area contributed by atoms with Gasteiger partial charge in [0, 0.05) is 21.4 Å². The van der Waals surface area contributed by atoms with E-state index in [-0.39, 0.29) is 0 Å². The molecule has 0 heterocycles. The highest BCUT2D eigenvalue weighted by molar-refractivity contribution is 7.99. The van der Waals surface area contributed by atoms with Crippen molar-refractivity contribution in [1.82, 2.24) is 5.32 Å². The van der Waals surface area contributed by atoms with E-state index in [2.05, 4.69) is 5.32 Å². The minimum absolute atomic E-state index is 0.616. The van der Waals surface area contributed by atoms with E-state index in [1.54, 1.807) is 6.07 Å². The topological polar surface area (TPSA) is 12.0 Å². The molecule has 2 aromatic rings. The number of halogens is 3. The van der Waals surface area contributed by atoms with Crippen LogP contribution in [0.15, 0.2) is 46.2 Å². The maximum atomic E-state index is 13.2. The van der Waals surface area contributed by atoms with Crippen LogP contribution in [-0.2, 0) is 6.54 Å². The van der Waals surface area contributed by atoms with Crippen LogP contribution in [-0.4, -0.2) is 7.05 Å². The normalized spacial score (nSPS) is 10.7. The summed E-state index contributed by atoms with van der Waals surface area (Å²) in [5.74, 6) is -1.69. The van der Waals surface area contributed by atoms with Crippen molar-refractivity contribution in [3.8, 4) is 0 Å². The Balaban J connectivity index is 2.30. The van der Waals surface area contributed by atoms with Gasteiger partial charge in [0.25, 0.3) is 0 Å². The zero-order chi connectivity index (χ0) is 13.8. The van der Waals surface area contributed by atoms with Gasteiger partial charge in [0.1, 0.15) is 0 Å². The van der Waals surface area contributed by atoms with Crippen molar-refractivity contribution >= 4 is 23.4 Å². The Morgan fingerprint density at radius 3 is 2.58 bits per heavy atom. The number of rotatable bonds is 4. The molecule has 1 nitrogen and oxygen atoms in total. The molecular formula is C14H12ClF2NS. The van der Waals surface area contributed by atoms with Crippen molar-refractivity contribution in [2.24, 2.45) is 0 Å². The van der Waals surface area contributed by atoms with Gasteiger partial charge in [-0.2, -0.15) is 0 Å². The van der Waals surface area contributed by atoms with Crippen LogP contribution in [0.5, 0.6) is 0 Å². The van der Waals surface area contributed by atoms with Crippen LogP contribution < -0.4 is 5.32 Å². The summed E-state index contributed by atoms with van der Waals surface area (Å²) in [7, 11) is 1.85. The summed E-state index contributed by atoms with van der Waals surface area (Å²) in [5, 5.41) is 3.68. The molecule has 0 spiro atoms. The molecule has 0 saturated carbocycles. The van der Waals surface area contributed by atoms with E-state index in [0.717, 1.165) is 16.5 Å². The van der Waals surface area contributed by atoms with Crippen molar-refractivity contribution in [2.75, 3.05) is 7.05 Å². The molecule has 0 aromatic heterocycles. The molecule has 19 heavy (non-hydrogen) atoms. The molecule has 1 N–H and O–H groups in total. The van der Waals surface area contributed by atoms with Gasteiger partial charge in [0.2, 0.25) is 0 Å². The van der Waals surface area contributed by atoms with Crippen LogP contribution in [0.25, 0.3) is 0 Å². The third-order valence-electron chi connectivity index (χ3n) is 2.52. The van der Waals surface area contributed by atoms with Gasteiger partial charge in [0.05, 0.1) is 0 Å². The molecule has 0 saturated heterocycles. The van der Waals surface area contributed by atoms with Gasteiger partial charge in [-0.05, 0) is 42.9 Å². The summed E-state index contributed by atoms with van der Waals surface area (Å²) < 4.78 is 26.1. The first-order chi connectivity index (χ1) is 9.10. The van der Waals surface area contributed by atoms with Crippen LogP contribution in [0.1, 0.15) is 5.56 Å². The Labute approximate surface area is 120 Å². The molecule has 0 unspecified atom stereocenters. The van der Waals surface area contributed by atoms with Gasteiger partial charge in [-0.25, -0.2) is 8.78 Å². The third kappa shape index (κ3) is 3.69. The smallest absolute Gasteiger partial charge is 0.159 e. The first-order valence-electron chi connectivity index (χ1n) is 5.66. The second-order valence-electron chi connectivity index (χ2n) is 3.96. The zero-order valence-corrected chi connectivity index (χ0v) is 11.8. The molecule has 0 amide bonds. The van der Waals surface area contributed by atoms with E-state index in [0.29, 0.717) is 16.5 Å². The lowest BCUT2D eigenvalue weighted by atomic mass is 10.2. The maximum absolute atomic E-state index is 13.2. The standard InChI is InChI=1S/C14H12ClF2NS/c1-18-8-9-2-3-10(15)6-14(9)19-11-4-5-12(16)13(17)7-11/h2-7,18H,8H2,1H3. The van der Waals surface area contributed by atoms with E-state index < -0.39 is 11.6 Å². The SMILES string of the molecule is CNCc1ccc(Cl)cc1Sc1ccc(F)c(F)c1. The molecule has 0 atom stereocenters. The molecule has 5 heteroatoms. The van der Waals surface area contributed by atoms with Gasteiger partial charge in [0.15, 0.2) is 11.6 Å². The van der Waals surface area contributed by atoms with Crippen molar-refractivity contribution in [1.29, 1.82) is 0 Å². The van der Waals surface area contributed by atoms with E-state index in [4.69, 9.17) is 11.6 Å². The fraction of sp³-hybridized carbons (Fsp3) is 0.143. The fourth-order valence-electron chi connectivity index (χ4n) is 1.63. The van der Waals surface area contributed by atoms with Gasteiger partial charge in [-0.1, -0.05) is 29.4 Å². The summed E-state index contributed by atoms with van der Waals surface area (Å²) in [6, 6.07) is 9.40. The van der Waals surface area contributed by atoms with Gasteiger partial charge >= 0.3 is 0 Å². The average Bonchev–Trinajstić information content (AvgIpc) is 2.37. The Morgan fingerprint density at radius 1 is 1.11 bits per heavy atom. The van der Waals surface area contributed by atoms with Crippen molar-refractivity contribution < 1.29 is 8.78 Å². The van der Waals surface area contributed by atoms with Crippen molar-refractivity contribution in [2.45, 2.75) is 16.3 Å². The summed E-state index contributed by atoms with van der Waals surface area (Å²) >= 11 is 7.33. The number of nitrogens with one attached hydrogen (secondary N) is 1. The first kappa shape index (κ1) is 14.3. The minimum Gasteiger partial charge on any atom is -0.316 e. The summed E-state index contributed by atoms with van der Waals surface area (Å²) in [6.45, 7) is 0.684. The molecule has 100 valence electrons. The first-order valence-corrected chi connectivity index (χ1v) is 6.85. The van der Waals surface area contributed by atoms with Crippen LogP contribution >= 0.6 is 23.4 Å². The molecule has 0 aliphatic heterocycles. The predicted octanol–water partition coefficient (Wildman–Crippen LogP) is 4.49. The van der Waals surface area contributed by atoms with E-state index in [1.807, 2.05) is 25.2 Å². The third-order valence-corrected chi connectivity index (χ3v) is 3.84. The van der Waals surface area contributed by atoms with E-state index in [1.165, 1.54) is 17.8 Å². The Hall–Kier alpha value is -1.10. The quantitative estimate of drug-likeness (QED) is 0.893. The molecule has 0 aliphatic rings. The monoisotopic (exact) mass is 299 g/mol. The summed E-state index contributed by atoms with van der Waals surface area (Å²) in [6.07, 6.45) is 0. The molecule has 0 bridgehead atoms. The number of hydrogen-bond acceptors (Lipinski definition) is 2. The molecule has 0 aliphatic carbocycles. The number of hydrogen-bond donors (Lipinski definition) is 1.